The predicted octanol–water partition coefficient (Wildman–Crippen LogP) is 3.14. The van der Waals surface area contributed by atoms with E-state index in [1.165, 1.54) is 6.42 Å². The lowest BCUT2D eigenvalue weighted by Crippen LogP contribution is -2.31. The molecule has 3 heteroatoms. The second-order valence-electron chi connectivity index (χ2n) is 5.26. The molecule has 1 aliphatic heterocycles. The first kappa shape index (κ1) is 14.1. The second-order valence-corrected chi connectivity index (χ2v) is 5.26. The van der Waals surface area contributed by atoms with Crippen molar-refractivity contribution in [1.29, 1.82) is 0 Å². The summed E-state index contributed by atoms with van der Waals surface area (Å²) in [6, 6.07) is 7.89. The van der Waals surface area contributed by atoms with Gasteiger partial charge in [-0.3, -0.25) is 4.79 Å². The highest BCUT2D eigenvalue weighted by Gasteiger charge is 2.18. The topological polar surface area (TPSA) is 29.5 Å². The first-order valence-electron chi connectivity index (χ1n) is 7.13. The third-order valence-electron chi connectivity index (χ3n) is 3.72. The van der Waals surface area contributed by atoms with Gasteiger partial charge in [-0.2, -0.15) is 0 Å². The molecule has 1 aliphatic rings. The third-order valence-corrected chi connectivity index (χ3v) is 3.72. The number of rotatable bonds is 5. The highest BCUT2D eigenvalue weighted by Crippen LogP contribution is 2.23. The summed E-state index contributed by atoms with van der Waals surface area (Å²) < 4.78 is 5.52. The van der Waals surface area contributed by atoms with E-state index in [1.807, 2.05) is 31.2 Å². The lowest BCUT2D eigenvalue weighted by atomic mass is 10.0. The van der Waals surface area contributed by atoms with Gasteiger partial charge in [0.05, 0.1) is 6.61 Å². The van der Waals surface area contributed by atoms with Crippen molar-refractivity contribution in [3.63, 3.8) is 0 Å². The molecule has 1 saturated heterocycles. The molecule has 0 spiro atoms. The van der Waals surface area contributed by atoms with Crippen LogP contribution in [-0.4, -0.2) is 32.6 Å². The minimum absolute atomic E-state index is 0.211. The van der Waals surface area contributed by atoms with Crippen LogP contribution in [-0.2, 0) is 4.74 Å². The average Bonchev–Trinajstić information content (AvgIpc) is 2.47. The van der Waals surface area contributed by atoms with Crippen LogP contribution < -0.4 is 4.90 Å². The molecule has 1 fully saturated rings. The third kappa shape index (κ3) is 3.57. The van der Waals surface area contributed by atoms with Gasteiger partial charge in [0.1, 0.15) is 0 Å². The summed E-state index contributed by atoms with van der Waals surface area (Å²) >= 11 is 0. The smallest absolute Gasteiger partial charge is 0.164 e. The molecule has 1 heterocycles. The van der Waals surface area contributed by atoms with Gasteiger partial charge in [0.15, 0.2) is 5.78 Å². The molecule has 1 unspecified atom stereocenters. The predicted molar refractivity (Wildman–Crippen MR) is 77.9 cm³/mol. The van der Waals surface area contributed by atoms with E-state index >= 15 is 0 Å². The molecule has 0 bridgehead atoms. The van der Waals surface area contributed by atoms with E-state index in [1.54, 1.807) is 0 Å². The van der Waals surface area contributed by atoms with E-state index in [9.17, 15) is 4.79 Å². The average molecular weight is 261 g/mol. The number of hydrogen-bond acceptors (Lipinski definition) is 3. The van der Waals surface area contributed by atoms with Crippen LogP contribution in [0.2, 0.25) is 0 Å². The largest absolute Gasteiger partial charge is 0.381 e. The number of anilines is 1. The highest BCUT2D eigenvalue weighted by molar-refractivity contribution is 6.01. The van der Waals surface area contributed by atoms with Crippen LogP contribution in [0.4, 0.5) is 5.69 Å². The van der Waals surface area contributed by atoms with Crippen molar-refractivity contribution in [3.8, 4) is 0 Å². The normalized spacial score (nSPS) is 19.2. The van der Waals surface area contributed by atoms with Crippen LogP contribution >= 0.6 is 0 Å². The maximum Gasteiger partial charge on any atom is 0.164 e. The van der Waals surface area contributed by atoms with Gasteiger partial charge in [-0.05, 0) is 30.9 Å². The SMILES string of the molecule is CCC(=O)c1ccccc1N(C)CC1CCCOC1. The maximum absolute atomic E-state index is 12.0. The first-order chi connectivity index (χ1) is 9.22. The minimum Gasteiger partial charge on any atom is -0.381 e. The lowest BCUT2D eigenvalue weighted by Gasteiger charge is -2.29. The molecule has 0 saturated carbocycles. The quantitative estimate of drug-likeness (QED) is 0.763. The van der Waals surface area contributed by atoms with Crippen molar-refractivity contribution in [2.45, 2.75) is 26.2 Å². The zero-order chi connectivity index (χ0) is 13.7. The number of ether oxygens (including phenoxy) is 1. The molecular weight excluding hydrogens is 238 g/mol. The number of hydrogen-bond donors (Lipinski definition) is 0. The van der Waals surface area contributed by atoms with Crippen LogP contribution in [0.1, 0.15) is 36.5 Å². The van der Waals surface area contributed by atoms with E-state index in [0.717, 1.165) is 37.4 Å². The number of Topliss-reactive ketones (excluding diaryl/α,β-unsaturated/α-hetero) is 1. The van der Waals surface area contributed by atoms with Crippen LogP contribution in [0.15, 0.2) is 24.3 Å². The van der Waals surface area contributed by atoms with Crippen molar-refractivity contribution >= 4 is 11.5 Å². The Morgan fingerprint density at radius 1 is 1.42 bits per heavy atom. The van der Waals surface area contributed by atoms with Crippen molar-refractivity contribution in [2.75, 3.05) is 31.7 Å². The van der Waals surface area contributed by atoms with E-state index in [4.69, 9.17) is 4.74 Å². The van der Waals surface area contributed by atoms with Crippen molar-refractivity contribution in [2.24, 2.45) is 5.92 Å². The molecule has 0 aliphatic carbocycles. The lowest BCUT2D eigenvalue weighted by molar-refractivity contribution is 0.0576. The Morgan fingerprint density at radius 2 is 2.21 bits per heavy atom. The van der Waals surface area contributed by atoms with Gasteiger partial charge in [0, 0.05) is 37.9 Å². The summed E-state index contributed by atoms with van der Waals surface area (Å²) in [6.45, 7) is 4.60. The number of benzene rings is 1. The van der Waals surface area contributed by atoms with Gasteiger partial charge < -0.3 is 9.64 Å². The van der Waals surface area contributed by atoms with E-state index in [2.05, 4.69) is 11.9 Å². The standard InChI is InChI=1S/C16H23NO2/c1-3-16(18)14-8-4-5-9-15(14)17(2)11-13-7-6-10-19-12-13/h4-5,8-9,13H,3,6-7,10-12H2,1-2H3. The van der Waals surface area contributed by atoms with Crippen molar-refractivity contribution in [3.05, 3.63) is 29.8 Å². The van der Waals surface area contributed by atoms with E-state index in [0.29, 0.717) is 12.3 Å². The zero-order valence-electron chi connectivity index (χ0n) is 11.9. The Kier molecular flexibility index (Phi) is 4.97. The maximum atomic E-state index is 12.0. The van der Waals surface area contributed by atoms with E-state index in [-0.39, 0.29) is 5.78 Å². The van der Waals surface area contributed by atoms with Gasteiger partial charge in [0.2, 0.25) is 0 Å². The highest BCUT2D eigenvalue weighted by atomic mass is 16.5. The van der Waals surface area contributed by atoms with Gasteiger partial charge in [0.25, 0.3) is 0 Å². The molecule has 0 N–H and O–H groups in total. The van der Waals surface area contributed by atoms with Gasteiger partial charge in [-0.15, -0.1) is 0 Å². The molecule has 2 rings (SSSR count). The molecule has 1 aromatic carbocycles. The van der Waals surface area contributed by atoms with Crippen LogP contribution in [0.25, 0.3) is 0 Å². The molecule has 0 amide bonds. The second kappa shape index (κ2) is 6.71. The summed E-state index contributed by atoms with van der Waals surface area (Å²) in [4.78, 5) is 14.2. The van der Waals surface area contributed by atoms with Crippen LogP contribution in [0, 0.1) is 5.92 Å². The molecule has 0 aromatic heterocycles. The zero-order valence-corrected chi connectivity index (χ0v) is 11.9. The summed E-state index contributed by atoms with van der Waals surface area (Å²) in [5.74, 6) is 0.783. The molecular formula is C16H23NO2. The number of para-hydroxylation sites is 1. The van der Waals surface area contributed by atoms with Gasteiger partial charge >= 0.3 is 0 Å². The van der Waals surface area contributed by atoms with E-state index < -0.39 is 0 Å². The molecule has 0 radical (unpaired) electrons. The monoisotopic (exact) mass is 261 g/mol. The van der Waals surface area contributed by atoms with Crippen LogP contribution in [0.5, 0.6) is 0 Å². The molecule has 3 nitrogen and oxygen atoms in total. The Labute approximate surface area is 115 Å². The fourth-order valence-electron chi connectivity index (χ4n) is 2.67. The number of nitrogens with zero attached hydrogens (tertiary/aromatic N) is 1. The summed E-state index contributed by atoms with van der Waals surface area (Å²) in [7, 11) is 2.07. The Hall–Kier alpha value is -1.35. The Morgan fingerprint density at radius 3 is 2.89 bits per heavy atom. The molecule has 1 atom stereocenters. The summed E-state index contributed by atoms with van der Waals surface area (Å²) in [6.07, 6.45) is 2.92. The number of carbonyl (C=O) groups is 1. The van der Waals surface area contributed by atoms with Crippen LogP contribution in [0.3, 0.4) is 0 Å². The van der Waals surface area contributed by atoms with Crippen molar-refractivity contribution in [1.82, 2.24) is 0 Å². The Bertz CT molecular complexity index is 425. The molecule has 19 heavy (non-hydrogen) atoms. The summed E-state index contributed by atoms with van der Waals surface area (Å²) in [5.41, 5.74) is 1.88. The first-order valence-corrected chi connectivity index (χ1v) is 7.13. The minimum atomic E-state index is 0.211. The van der Waals surface area contributed by atoms with Crippen molar-refractivity contribution < 1.29 is 9.53 Å². The number of carbonyl (C=O) groups excluding carboxylic acids is 1. The summed E-state index contributed by atoms with van der Waals surface area (Å²) in [5, 5.41) is 0. The number of ketones is 1. The fraction of sp³-hybridized carbons (Fsp3) is 0.562. The fourth-order valence-corrected chi connectivity index (χ4v) is 2.67. The van der Waals surface area contributed by atoms with Gasteiger partial charge in [-0.1, -0.05) is 19.1 Å². The van der Waals surface area contributed by atoms with Gasteiger partial charge in [-0.25, -0.2) is 0 Å². The molecule has 104 valence electrons. The molecule has 1 aromatic rings. The Balaban J connectivity index is 2.09.